The molecule has 126 valence electrons. The van der Waals surface area contributed by atoms with Crippen molar-refractivity contribution < 1.29 is 9.53 Å². The molecule has 1 amide bonds. The normalized spacial score (nSPS) is 20.0. The average molecular weight is 330 g/mol. The monoisotopic (exact) mass is 330 g/mol. The van der Waals surface area contributed by atoms with Gasteiger partial charge >= 0.3 is 5.69 Å². The van der Waals surface area contributed by atoms with E-state index in [1.54, 1.807) is 12.4 Å². The van der Waals surface area contributed by atoms with Crippen LogP contribution in [0.4, 0.5) is 0 Å². The predicted molar refractivity (Wildman–Crippen MR) is 85.5 cm³/mol. The van der Waals surface area contributed by atoms with E-state index < -0.39 is 11.2 Å². The molecule has 0 bridgehead atoms. The molecule has 0 radical (unpaired) electrons. The van der Waals surface area contributed by atoms with E-state index in [-0.39, 0.29) is 24.4 Å². The minimum absolute atomic E-state index is 0.107. The Morgan fingerprint density at radius 2 is 2.08 bits per heavy atom. The summed E-state index contributed by atoms with van der Waals surface area (Å²) in [6.07, 6.45) is 5.56. The van der Waals surface area contributed by atoms with Crippen LogP contribution in [0.5, 0.6) is 0 Å². The fourth-order valence-corrected chi connectivity index (χ4v) is 2.76. The summed E-state index contributed by atoms with van der Waals surface area (Å²) in [6.45, 7) is 0.877. The third-order valence-electron chi connectivity index (χ3n) is 4.00. The maximum atomic E-state index is 12.2. The average Bonchev–Trinajstić information content (AvgIpc) is 2.98. The van der Waals surface area contributed by atoms with Crippen LogP contribution in [0.15, 0.2) is 46.4 Å². The minimum atomic E-state index is -0.603. The molecule has 0 spiro atoms. The van der Waals surface area contributed by atoms with Crippen molar-refractivity contribution in [2.24, 2.45) is 5.92 Å². The van der Waals surface area contributed by atoms with Gasteiger partial charge in [-0.15, -0.1) is 0 Å². The molecule has 24 heavy (non-hydrogen) atoms. The topological polar surface area (TPSA) is 106 Å². The molecule has 8 heteroatoms. The van der Waals surface area contributed by atoms with Gasteiger partial charge in [-0.1, -0.05) is 0 Å². The first-order valence-corrected chi connectivity index (χ1v) is 7.67. The Hall–Kier alpha value is -2.74. The van der Waals surface area contributed by atoms with E-state index in [2.05, 4.69) is 15.3 Å². The number of carbonyl (C=O) groups excluding carboxylic acids is 1. The van der Waals surface area contributed by atoms with Gasteiger partial charge in [0.1, 0.15) is 6.54 Å². The highest BCUT2D eigenvalue weighted by atomic mass is 16.5. The van der Waals surface area contributed by atoms with Crippen molar-refractivity contribution in [1.82, 2.24) is 19.9 Å². The Labute approximate surface area is 137 Å². The van der Waals surface area contributed by atoms with Gasteiger partial charge in [-0.25, -0.2) is 4.79 Å². The van der Waals surface area contributed by atoms with E-state index >= 15 is 0 Å². The van der Waals surface area contributed by atoms with Crippen LogP contribution < -0.4 is 16.6 Å². The van der Waals surface area contributed by atoms with Crippen LogP contribution in [0.25, 0.3) is 0 Å². The second-order valence-electron chi connectivity index (χ2n) is 5.77. The molecule has 1 fully saturated rings. The standard InChI is InChI=1S/C16H18N4O4/c21-14-3-6-20(16(23)19-14)8-15(22)18-13-10-24-9-12(13)7-11-1-4-17-5-2-11/h1-6,12-13H,7-10H2,(H,18,22)(H,19,21,23)/t12-,13-/m1/s1. The molecular formula is C16H18N4O4. The van der Waals surface area contributed by atoms with Gasteiger partial charge in [-0.3, -0.25) is 24.1 Å². The van der Waals surface area contributed by atoms with Crippen molar-refractivity contribution >= 4 is 5.91 Å². The number of hydrogen-bond donors (Lipinski definition) is 2. The van der Waals surface area contributed by atoms with Crippen molar-refractivity contribution in [2.75, 3.05) is 13.2 Å². The van der Waals surface area contributed by atoms with Gasteiger partial charge in [0.25, 0.3) is 5.56 Å². The smallest absolute Gasteiger partial charge is 0.328 e. The van der Waals surface area contributed by atoms with Crippen LogP contribution in [-0.2, 0) is 22.5 Å². The van der Waals surface area contributed by atoms with Crippen LogP contribution in [-0.4, -0.2) is 39.7 Å². The van der Waals surface area contributed by atoms with Crippen molar-refractivity contribution in [3.63, 3.8) is 0 Å². The van der Waals surface area contributed by atoms with Crippen molar-refractivity contribution in [2.45, 2.75) is 19.0 Å². The lowest BCUT2D eigenvalue weighted by Crippen LogP contribution is -2.43. The lowest BCUT2D eigenvalue weighted by molar-refractivity contribution is -0.122. The first kappa shape index (κ1) is 16.1. The van der Waals surface area contributed by atoms with Gasteiger partial charge in [0.2, 0.25) is 5.91 Å². The summed E-state index contributed by atoms with van der Waals surface area (Å²) in [4.78, 5) is 40.9. The number of ether oxygens (including phenoxy) is 1. The Balaban J connectivity index is 1.60. The SMILES string of the molecule is O=C(Cn1ccc(=O)[nH]c1=O)N[C@@H]1COC[C@H]1Cc1ccncc1. The number of nitrogens with zero attached hydrogens (tertiary/aromatic N) is 2. The molecule has 3 heterocycles. The highest BCUT2D eigenvalue weighted by molar-refractivity contribution is 5.76. The van der Waals surface area contributed by atoms with Crippen LogP contribution in [0.2, 0.25) is 0 Å². The zero-order valence-corrected chi connectivity index (χ0v) is 13.0. The van der Waals surface area contributed by atoms with E-state index in [4.69, 9.17) is 4.74 Å². The highest BCUT2D eigenvalue weighted by Crippen LogP contribution is 2.18. The molecular weight excluding hydrogens is 312 g/mol. The number of rotatable bonds is 5. The van der Waals surface area contributed by atoms with Gasteiger partial charge < -0.3 is 10.1 Å². The summed E-state index contributed by atoms with van der Waals surface area (Å²) in [5.41, 5.74) is 0.0449. The number of pyridine rings is 1. The van der Waals surface area contributed by atoms with E-state index in [0.717, 1.165) is 16.6 Å². The Morgan fingerprint density at radius 1 is 1.29 bits per heavy atom. The lowest BCUT2D eigenvalue weighted by atomic mass is 9.95. The summed E-state index contributed by atoms with van der Waals surface area (Å²) < 4.78 is 6.64. The molecule has 0 unspecified atom stereocenters. The minimum Gasteiger partial charge on any atom is -0.379 e. The van der Waals surface area contributed by atoms with Gasteiger partial charge in [0.05, 0.1) is 19.3 Å². The fraction of sp³-hybridized carbons (Fsp3) is 0.375. The van der Waals surface area contributed by atoms with E-state index in [9.17, 15) is 14.4 Å². The van der Waals surface area contributed by atoms with Crippen molar-refractivity contribution in [3.8, 4) is 0 Å². The number of nitrogens with one attached hydrogen (secondary N) is 2. The van der Waals surface area contributed by atoms with Crippen molar-refractivity contribution in [3.05, 3.63) is 63.2 Å². The molecule has 2 N–H and O–H groups in total. The van der Waals surface area contributed by atoms with Crippen LogP contribution >= 0.6 is 0 Å². The number of amides is 1. The molecule has 3 rings (SSSR count). The molecule has 0 saturated carbocycles. The molecule has 2 aromatic heterocycles. The molecule has 2 aromatic rings. The summed E-state index contributed by atoms with van der Waals surface area (Å²) in [5, 5.41) is 2.91. The number of hydrogen-bond acceptors (Lipinski definition) is 5. The van der Waals surface area contributed by atoms with Crippen molar-refractivity contribution in [1.29, 1.82) is 0 Å². The number of carbonyl (C=O) groups is 1. The third-order valence-corrected chi connectivity index (χ3v) is 4.00. The fourth-order valence-electron chi connectivity index (χ4n) is 2.76. The highest BCUT2D eigenvalue weighted by Gasteiger charge is 2.29. The predicted octanol–water partition coefficient (Wildman–Crippen LogP) is -0.694. The molecule has 0 aliphatic carbocycles. The van der Waals surface area contributed by atoms with Gasteiger partial charge in [0.15, 0.2) is 0 Å². The van der Waals surface area contributed by atoms with Crippen LogP contribution in [0.1, 0.15) is 5.56 Å². The maximum absolute atomic E-state index is 12.2. The Morgan fingerprint density at radius 3 is 2.83 bits per heavy atom. The molecule has 1 aliphatic heterocycles. The van der Waals surface area contributed by atoms with Crippen LogP contribution in [0, 0.1) is 5.92 Å². The first-order valence-electron chi connectivity index (χ1n) is 7.67. The Bertz CT molecular complexity index is 815. The zero-order chi connectivity index (χ0) is 16.9. The molecule has 1 saturated heterocycles. The summed E-state index contributed by atoms with van der Waals surface area (Å²) in [5.74, 6) is -0.122. The van der Waals surface area contributed by atoms with E-state index in [1.165, 1.54) is 12.3 Å². The molecule has 0 aromatic carbocycles. The largest absolute Gasteiger partial charge is 0.379 e. The number of aromatic nitrogens is 3. The van der Waals surface area contributed by atoms with E-state index in [1.807, 2.05) is 12.1 Å². The Kier molecular flexibility index (Phi) is 4.85. The molecule has 8 nitrogen and oxygen atoms in total. The van der Waals surface area contributed by atoms with Gasteiger partial charge in [-0.2, -0.15) is 0 Å². The lowest BCUT2D eigenvalue weighted by Gasteiger charge is -2.19. The summed E-state index contributed by atoms with van der Waals surface area (Å²) in [7, 11) is 0. The zero-order valence-electron chi connectivity index (χ0n) is 13.0. The third kappa shape index (κ3) is 3.96. The number of aromatic amines is 1. The number of H-pyrrole nitrogens is 1. The molecule has 2 atom stereocenters. The van der Waals surface area contributed by atoms with Gasteiger partial charge in [-0.05, 0) is 24.1 Å². The quantitative estimate of drug-likeness (QED) is 0.754. The van der Waals surface area contributed by atoms with E-state index in [0.29, 0.717) is 13.2 Å². The van der Waals surface area contributed by atoms with Gasteiger partial charge in [0, 0.05) is 30.6 Å². The molecule has 1 aliphatic rings. The maximum Gasteiger partial charge on any atom is 0.328 e. The van der Waals surface area contributed by atoms with Crippen LogP contribution in [0.3, 0.4) is 0 Å². The summed E-state index contributed by atoms with van der Waals surface area (Å²) in [6, 6.07) is 4.98. The first-order chi connectivity index (χ1) is 11.6. The summed E-state index contributed by atoms with van der Waals surface area (Å²) >= 11 is 0. The second kappa shape index (κ2) is 7.22. The second-order valence-corrected chi connectivity index (χ2v) is 5.77.